The lowest BCUT2D eigenvalue weighted by molar-refractivity contribution is 0.0758. The van der Waals surface area contributed by atoms with Gasteiger partial charge in [-0.25, -0.2) is 4.98 Å². The minimum absolute atomic E-state index is 0.00634. The van der Waals surface area contributed by atoms with Crippen molar-refractivity contribution in [3.8, 4) is 0 Å². The van der Waals surface area contributed by atoms with E-state index < -0.39 is 0 Å². The van der Waals surface area contributed by atoms with E-state index in [4.69, 9.17) is 0 Å². The number of pyridine rings is 1. The van der Waals surface area contributed by atoms with E-state index in [1.165, 1.54) is 0 Å². The molecule has 0 aliphatic rings. The summed E-state index contributed by atoms with van der Waals surface area (Å²) in [5, 5.41) is 0. The van der Waals surface area contributed by atoms with E-state index >= 15 is 0 Å². The van der Waals surface area contributed by atoms with Crippen molar-refractivity contribution in [3.05, 3.63) is 28.5 Å². The average Bonchev–Trinajstić information content (AvgIpc) is 2.26. The van der Waals surface area contributed by atoms with Gasteiger partial charge in [0.1, 0.15) is 5.69 Å². The van der Waals surface area contributed by atoms with Crippen molar-refractivity contribution in [1.29, 1.82) is 0 Å². The van der Waals surface area contributed by atoms with Gasteiger partial charge < -0.3 is 4.90 Å². The lowest BCUT2D eigenvalue weighted by atomic mass is 10.3. The zero-order valence-electron chi connectivity index (χ0n) is 9.03. The van der Waals surface area contributed by atoms with Crippen molar-refractivity contribution in [1.82, 2.24) is 9.88 Å². The van der Waals surface area contributed by atoms with Gasteiger partial charge in [-0.2, -0.15) is 0 Å². The van der Waals surface area contributed by atoms with Crippen LogP contribution in [-0.2, 0) is 0 Å². The van der Waals surface area contributed by atoms with Crippen LogP contribution in [0, 0.1) is 0 Å². The Morgan fingerprint density at radius 2 is 2.20 bits per heavy atom. The van der Waals surface area contributed by atoms with Gasteiger partial charge >= 0.3 is 0 Å². The van der Waals surface area contributed by atoms with Gasteiger partial charge in [-0.15, -0.1) is 0 Å². The van der Waals surface area contributed by atoms with Crippen LogP contribution in [0.1, 0.15) is 30.8 Å². The number of carbonyl (C=O) groups excluding carboxylic acids is 1. The maximum absolute atomic E-state index is 11.9. The first-order chi connectivity index (χ1) is 7.19. The van der Waals surface area contributed by atoms with Crippen molar-refractivity contribution in [2.75, 3.05) is 13.1 Å². The van der Waals surface area contributed by atoms with Crippen LogP contribution in [0.15, 0.2) is 22.8 Å². The number of hydrogen-bond acceptors (Lipinski definition) is 2. The third kappa shape index (κ3) is 3.30. The van der Waals surface area contributed by atoms with Crippen LogP contribution in [-0.4, -0.2) is 28.9 Å². The quantitative estimate of drug-likeness (QED) is 0.843. The molecule has 0 radical (unpaired) electrons. The Bertz CT molecular complexity index is 324. The van der Waals surface area contributed by atoms with Crippen LogP contribution in [0.25, 0.3) is 0 Å². The lowest BCUT2D eigenvalue weighted by Gasteiger charge is -2.19. The third-order valence-electron chi connectivity index (χ3n) is 2.11. The molecule has 1 aromatic heterocycles. The first-order valence-electron chi connectivity index (χ1n) is 5.09. The fourth-order valence-electron chi connectivity index (χ4n) is 1.34. The molecule has 0 aromatic carbocycles. The summed E-state index contributed by atoms with van der Waals surface area (Å²) in [6.45, 7) is 5.55. The molecular weight excluding hydrogens is 256 g/mol. The van der Waals surface area contributed by atoms with E-state index in [0.29, 0.717) is 5.69 Å². The molecule has 0 bridgehead atoms. The molecular formula is C11H15BrN2O. The minimum Gasteiger partial charge on any atom is -0.338 e. The molecule has 4 heteroatoms. The van der Waals surface area contributed by atoms with Crippen molar-refractivity contribution in [2.45, 2.75) is 20.3 Å². The van der Waals surface area contributed by atoms with Gasteiger partial charge in [0.2, 0.25) is 0 Å². The van der Waals surface area contributed by atoms with Crippen LogP contribution in [0.4, 0.5) is 0 Å². The maximum atomic E-state index is 11.9. The number of nitrogens with zero attached hydrogens (tertiary/aromatic N) is 2. The third-order valence-corrected chi connectivity index (χ3v) is 2.58. The van der Waals surface area contributed by atoms with Gasteiger partial charge in [-0.3, -0.25) is 4.79 Å². The smallest absolute Gasteiger partial charge is 0.272 e. The van der Waals surface area contributed by atoms with Crippen LogP contribution in [0.5, 0.6) is 0 Å². The summed E-state index contributed by atoms with van der Waals surface area (Å²) in [5.41, 5.74) is 0.508. The second kappa shape index (κ2) is 5.85. The number of halogens is 1. The average molecular weight is 271 g/mol. The van der Waals surface area contributed by atoms with Crippen molar-refractivity contribution < 1.29 is 4.79 Å². The van der Waals surface area contributed by atoms with Gasteiger partial charge in [0, 0.05) is 23.8 Å². The molecule has 0 spiro atoms. The maximum Gasteiger partial charge on any atom is 0.272 e. The number of amides is 1. The Morgan fingerprint density at radius 1 is 1.47 bits per heavy atom. The molecule has 15 heavy (non-hydrogen) atoms. The molecule has 1 heterocycles. The summed E-state index contributed by atoms with van der Waals surface area (Å²) in [5.74, 6) is 0.00634. The highest BCUT2D eigenvalue weighted by atomic mass is 79.9. The minimum atomic E-state index is 0.00634. The largest absolute Gasteiger partial charge is 0.338 e. The Morgan fingerprint density at radius 3 is 2.67 bits per heavy atom. The van der Waals surface area contributed by atoms with E-state index in [0.717, 1.165) is 24.0 Å². The highest BCUT2D eigenvalue weighted by Gasteiger charge is 2.13. The van der Waals surface area contributed by atoms with E-state index in [1.54, 1.807) is 17.2 Å². The summed E-state index contributed by atoms with van der Waals surface area (Å²) >= 11 is 3.29. The molecule has 0 fully saturated rings. The van der Waals surface area contributed by atoms with Gasteiger partial charge in [0.25, 0.3) is 5.91 Å². The monoisotopic (exact) mass is 270 g/mol. The van der Waals surface area contributed by atoms with Gasteiger partial charge in [-0.05, 0) is 41.4 Å². The van der Waals surface area contributed by atoms with Crippen LogP contribution in [0.3, 0.4) is 0 Å². The second-order valence-electron chi connectivity index (χ2n) is 3.25. The van der Waals surface area contributed by atoms with Crippen LogP contribution in [0.2, 0.25) is 0 Å². The second-order valence-corrected chi connectivity index (χ2v) is 4.16. The number of hydrogen-bond donors (Lipinski definition) is 0. The SMILES string of the molecule is CCCN(CC)C(=O)c1ccc(Br)cn1. The number of rotatable bonds is 4. The normalized spacial score (nSPS) is 10.1. The summed E-state index contributed by atoms with van der Waals surface area (Å²) < 4.78 is 0.887. The zero-order valence-corrected chi connectivity index (χ0v) is 10.6. The molecule has 0 aliphatic carbocycles. The lowest BCUT2D eigenvalue weighted by Crippen LogP contribution is -2.32. The van der Waals surface area contributed by atoms with Gasteiger partial charge in [0.05, 0.1) is 0 Å². The fourth-order valence-corrected chi connectivity index (χ4v) is 1.57. The molecule has 0 saturated carbocycles. The molecule has 1 aromatic rings. The topological polar surface area (TPSA) is 33.2 Å². The standard InChI is InChI=1S/C11H15BrN2O/c1-3-7-14(4-2)11(15)10-6-5-9(12)8-13-10/h5-6,8H,3-4,7H2,1-2H3. The first kappa shape index (κ1) is 12.2. The van der Waals surface area contributed by atoms with Crippen LogP contribution < -0.4 is 0 Å². The van der Waals surface area contributed by atoms with Crippen molar-refractivity contribution >= 4 is 21.8 Å². The zero-order chi connectivity index (χ0) is 11.3. The summed E-state index contributed by atoms with van der Waals surface area (Å²) in [7, 11) is 0. The Kier molecular flexibility index (Phi) is 4.75. The Hall–Kier alpha value is -0.900. The molecule has 1 amide bonds. The molecule has 0 atom stereocenters. The highest BCUT2D eigenvalue weighted by Crippen LogP contribution is 2.09. The summed E-state index contributed by atoms with van der Waals surface area (Å²) in [4.78, 5) is 17.8. The molecule has 0 saturated heterocycles. The Balaban J connectivity index is 2.78. The van der Waals surface area contributed by atoms with E-state index in [2.05, 4.69) is 27.8 Å². The number of carbonyl (C=O) groups is 1. The molecule has 1 rings (SSSR count). The van der Waals surface area contributed by atoms with E-state index in [1.807, 2.05) is 13.0 Å². The summed E-state index contributed by atoms with van der Waals surface area (Å²) in [6.07, 6.45) is 2.61. The fraction of sp³-hybridized carbons (Fsp3) is 0.455. The van der Waals surface area contributed by atoms with Gasteiger partial charge in [0.15, 0.2) is 0 Å². The molecule has 0 aliphatic heterocycles. The number of aromatic nitrogens is 1. The summed E-state index contributed by atoms with van der Waals surface area (Å²) in [6, 6.07) is 3.57. The van der Waals surface area contributed by atoms with E-state index in [-0.39, 0.29) is 5.91 Å². The predicted molar refractivity (Wildman–Crippen MR) is 63.8 cm³/mol. The molecule has 82 valence electrons. The molecule has 0 unspecified atom stereocenters. The van der Waals surface area contributed by atoms with E-state index in [9.17, 15) is 4.79 Å². The predicted octanol–water partition coefficient (Wildman–Crippen LogP) is 2.72. The van der Waals surface area contributed by atoms with Gasteiger partial charge in [-0.1, -0.05) is 6.92 Å². The molecule has 0 N–H and O–H groups in total. The molecule has 3 nitrogen and oxygen atoms in total. The van der Waals surface area contributed by atoms with Crippen LogP contribution >= 0.6 is 15.9 Å². The highest BCUT2D eigenvalue weighted by molar-refractivity contribution is 9.10. The first-order valence-corrected chi connectivity index (χ1v) is 5.89. The van der Waals surface area contributed by atoms with Crippen molar-refractivity contribution in [3.63, 3.8) is 0 Å². The Labute approximate surface area is 98.6 Å². The van der Waals surface area contributed by atoms with Crippen molar-refractivity contribution in [2.24, 2.45) is 0 Å².